The van der Waals surface area contributed by atoms with E-state index in [4.69, 9.17) is 35.4 Å². The molecule has 17 heteroatoms. The molecule has 0 radical (unpaired) electrons. The Bertz CT molecular complexity index is 2140. The van der Waals surface area contributed by atoms with Crippen molar-refractivity contribution in [3.63, 3.8) is 0 Å². The van der Waals surface area contributed by atoms with E-state index in [1.807, 2.05) is 24.8 Å². The van der Waals surface area contributed by atoms with E-state index in [0.29, 0.717) is 32.6 Å². The van der Waals surface area contributed by atoms with Gasteiger partial charge in [-0.05, 0) is 43.9 Å². The molecule has 4 N–H and O–H groups in total. The number of nitrogens with two attached hydrogens (primary N) is 2. The molecule has 3 unspecified atom stereocenters. The monoisotopic (exact) mass is 752 g/mol. The first-order chi connectivity index (χ1) is 25.5. The number of benzene rings is 1. The number of nitrogen functional groups attached to an aromatic ring is 1. The highest BCUT2D eigenvalue weighted by Gasteiger charge is 2.49. The van der Waals surface area contributed by atoms with Crippen LogP contribution in [0.2, 0.25) is 0 Å². The van der Waals surface area contributed by atoms with Crippen molar-refractivity contribution in [3.05, 3.63) is 29.3 Å². The Morgan fingerprint density at radius 1 is 1.23 bits per heavy atom. The topological polar surface area (TPSA) is 175 Å². The van der Waals surface area contributed by atoms with Crippen molar-refractivity contribution >= 4 is 49.1 Å². The van der Waals surface area contributed by atoms with Crippen molar-refractivity contribution in [2.45, 2.75) is 69.4 Å². The fourth-order valence-electron chi connectivity index (χ4n) is 8.01. The Morgan fingerprint density at radius 3 is 2.81 bits per heavy atom. The van der Waals surface area contributed by atoms with Crippen LogP contribution in [0.15, 0.2) is 12.1 Å². The standard InChI is InChI=1S/C36H39F3N8O5S/c1-17(2)27(41)34(48)50-15-20-13-47(19-6-9-49-14-19)32-25-29(44-35(45-32)51-16-36-7-3-8-46(36)12-18(37)10-36)26(39)28(43-33(25)52-20)21-4-5-23(38)30-24(21)22(11-40)31(42)53-30/h4-5,17-20,27H,3,6-10,12-16,41-42H2,1-2H3/t18-,19?,20?,27?,36+/m1/s1. The lowest BCUT2D eigenvalue weighted by atomic mass is 9.95. The molecule has 1 aromatic carbocycles. The Morgan fingerprint density at radius 2 is 2.06 bits per heavy atom. The summed E-state index contributed by atoms with van der Waals surface area (Å²) in [7, 11) is 0. The fraction of sp³-hybridized carbons (Fsp3) is 0.528. The van der Waals surface area contributed by atoms with E-state index in [9.17, 15) is 14.4 Å². The minimum absolute atomic E-state index is 0.0122. The Kier molecular flexibility index (Phi) is 9.20. The summed E-state index contributed by atoms with van der Waals surface area (Å²) in [4.78, 5) is 30.9. The molecule has 53 heavy (non-hydrogen) atoms. The van der Waals surface area contributed by atoms with Gasteiger partial charge in [0.15, 0.2) is 11.9 Å². The number of thiophene rings is 1. The molecule has 4 aliphatic heterocycles. The second-order valence-electron chi connectivity index (χ2n) is 14.6. The smallest absolute Gasteiger partial charge is 0.323 e. The lowest BCUT2D eigenvalue weighted by molar-refractivity contribution is -0.148. The van der Waals surface area contributed by atoms with Crippen LogP contribution in [0.4, 0.5) is 24.0 Å². The molecule has 13 nitrogen and oxygen atoms in total. The van der Waals surface area contributed by atoms with Crippen molar-refractivity contribution < 1.29 is 36.9 Å². The molecule has 5 atom stereocenters. The molecule has 280 valence electrons. The summed E-state index contributed by atoms with van der Waals surface area (Å²) < 4.78 is 71.2. The van der Waals surface area contributed by atoms with Gasteiger partial charge in [-0.15, -0.1) is 11.3 Å². The zero-order valence-electron chi connectivity index (χ0n) is 29.2. The van der Waals surface area contributed by atoms with Crippen molar-refractivity contribution in [3.8, 4) is 29.2 Å². The lowest BCUT2D eigenvalue weighted by Gasteiger charge is -2.32. The van der Waals surface area contributed by atoms with Crippen LogP contribution in [-0.2, 0) is 14.3 Å². The molecule has 3 fully saturated rings. The van der Waals surface area contributed by atoms with Gasteiger partial charge in [-0.25, -0.2) is 18.2 Å². The number of esters is 1. The molecule has 0 amide bonds. The molecule has 7 heterocycles. The van der Waals surface area contributed by atoms with E-state index >= 15 is 8.78 Å². The maximum Gasteiger partial charge on any atom is 0.323 e. The van der Waals surface area contributed by atoms with Crippen LogP contribution in [0.1, 0.15) is 45.1 Å². The summed E-state index contributed by atoms with van der Waals surface area (Å²) in [5, 5.41) is 10.3. The number of alkyl halides is 1. The van der Waals surface area contributed by atoms with Crippen molar-refractivity contribution in [1.29, 1.82) is 5.26 Å². The van der Waals surface area contributed by atoms with Gasteiger partial charge in [-0.3, -0.25) is 9.69 Å². The average Bonchev–Trinajstić information content (AvgIpc) is 3.91. The zero-order valence-corrected chi connectivity index (χ0v) is 30.1. The minimum Gasteiger partial charge on any atom is -0.468 e. The number of aromatic nitrogens is 3. The first-order valence-corrected chi connectivity index (χ1v) is 18.6. The third-order valence-corrected chi connectivity index (χ3v) is 11.9. The Labute approximate surface area is 306 Å². The number of anilines is 2. The van der Waals surface area contributed by atoms with Crippen LogP contribution in [-0.4, -0.2) is 102 Å². The number of hydrogen-bond donors (Lipinski definition) is 2. The van der Waals surface area contributed by atoms with Gasteiger partial charge >= 0.3 is 12.0 Å². The second kappa shape index (κ2) is 13.7. The van der Waals surface area contributed by atoms with Crippen LogP contribution >= 0.6 is 11.3 Å². The maximum atomic E-state index is 17.2. The van der Waals surface area contributed by atoms with Crippen LogP contribution in [0.25, 0.3) is 32.2 Å². The van der Waals surface area contributed by atoms with Gasteiger partial charge in [0.2, 0.25) is 5.88 Å². The zero-order chi connectivity index (χ0) is 37.2. The highest BCUT2D eigenvalue weighted by Crippen LogP contribution is 2.46. The molecule has 8 rings (SSSR count). The summed E-state index contributed by atoms with van der Waals surface area (Å²) in [5.74, 6) is -2.08. The Balaban J connectivity index is 1.29. The molecule has 3 saturated heterocycles. The summed E-state index contributed by atoms with van der Waals surface area (Å²) in [6.07, 6.45) is 0.755. The Hall–Kier alpha value is -4.50. The third-order valence-electron chi connectivity index (χ3n) is 10.8. The molecule has 4 aliphatic rings. The SMILES string of the molecule is CC(C)C(N)C(=O)OCC1CN(C2CCOC2)c2nc(OC[C@@]34CCCN3C[C@H](F)C4)nc3c(F)c(-c4ccc(F)c5sc(N)c(C#N)c45)nc(c23)O1. The van der Waals surface area contributed by atoms with E-state index in [1.54, 1.807) is 0 Å². The van der Waals surface area contributed by atoms with Gasteiger partial charge in [0, 0.05) is 30.5 Å². The average molecular weight is 753 g/mol. The summed E-state index contributed by atoms with van der Waals surface area (Å²) >= 11 is 0.877. The highest BCUT2D eigenvalue weighted by molar-refractivity contribution is 7.23. The normalized spacial score (nSPS) is 24.7. The number of pyridine rings is 1. The van der Waals surface area contributed by atoms with Gasteiger partial charge in [-0.1, -0.05) is 13.8 Å². The molecular weight excluding hydrogens is 714 g/mol. The first-order valence-electron chi connectivity index (χ1n) is 17.8. The van der Waals surface area contributed by atoms with Crippen molar-refractivity contribution in [2.24, 2.45) is 11.7 Å². The molecular formula is C36H39F3N8O5S. The van der Waals surface area contributed by atoms with Crippen LogP contribution in [0, 0.1) is 28.9 Å². The van der Waals surface area contributed by atoms with Crippen LogP contribution < -0.4 is 25.8 Å². The van der Waals surface area contributed by atoms with E-state index in [1.165, 1.54) is 6.07 Å². The van der Waals surface area contributed by atoms with Gasteiger partial charge in [0.1, 0.15) is 64.7 Å². The van der Waals surface area contributed by atoms with Gasteiger partial charge < -0.3 is 35.3 Å². The third kappa shape index (κ3) is 6.15. The van der Waals surface area contributed by atoms with Crippen LogP contribution in [0.3, 0.4) is 0 Å². The van der Waals surface area contributed by atoms with Crippen LogP contribution in [0.5, 0.6) is 11.9 Å². The number of halogens is 3. The second-order valence-corrected chi connectivity index (χ2v) is 15.6. The molecule has 4 aromatic rings. The number of nitrogens with zero attached hydrogens (tertiary/aromatic N) is 6. The first kappa shape index (κ1) is 35.5. The number of carbonyl (C=O) groups excluding carboxylic acids is 1. The maximum absolute atomic E-state index is 17.2. The van der Waals surface area contributed by atoms with Gasteiger partial charge in [0.05, 0.1) is 35.0 Å². The van der Waals surface area contributed by atoms with Gasteiger partial charge in [-0.2, -0.15) is 15.2 Å². The van der Waals surface area contributed by atoms with Gasteiger partial charge in [0.25, 0.3) is 0 Å². The van der Waals surface area contributed by atoms with E-state index in [2.05, 4.69) is 14.9 Å². The number of ether oxygens (including phenoxy) is 4. The summed E-state index contributed by atoms with van der Waals surface area (Å²) in [6.45, 7) is 5.54. The van der Waals surface area contributed by atoms with E-state index in [-0.39, 0.29) is 92.2 Å². The number of nitriles is 1. The minimum atomic E-state index is -0.983. The van der Waals surface area contributed by atoms with Crippen molar-refractivity contribution in [1.82, 2.24) is 19.9 Å². The fourth-order valence-corrected chi connectivity index (χ4v) is 8.96. The highest BCUT2D eigenvalue weighted by atomic mass is 32.1. The van der Waals surface area contributed by atoms with E-state index in [0.717, 1.165) is 36.8 Å². The predicted octanol–water partition coefficient (Wildman–Crippen LogP) is 4.48. The number of carbonyl (C=O) groups is 1. The number of hydrogen-bond acceptors (Lipinski definition) is 14. The summed E-state index contributed by atoms with van der Waals surface area (Å²) in [5.41, 5.74) is 11.3. The quantitative estimate of drug-likeness (QED) is 0.229. The lowest BCUT2D eigenvalue weighted by Crippen LogP contribution is -2.45. The largest absolute Gasteiger partial charge is 0.468 e. The van der Waals surface area contributed by atoms with E-state index < -0.39 is 41.5 Å². The summed E-state index contributed by atoms with van der Waals surface area (Å²) in [6, 6.07) is 3.30. The molecule has 0 aliphatic carbocycles. The number of fused-ring (bicyclic) bond motifs is 2. The molecule has 3 aromatic heterocycles. The molecule has 0 saturated carbocycles. The predicted molar refractivity (Wildman–Crippen MR) is 190 cm³/mol. The number of rotatable bonds is 9. The molecule has 0 bridgehead atoms. The molecule has 0 spiro atoms. The van der Waals surface area contributed by atoms with Crippen molar-refractivity contribution in [2.75, 3.05) is 56.7 Å².